The number of allylic oxidation sites excluding steroid dienone is 4. The highest BCUT2D eigenvalue weighted by Gasteiger charge is 2.17. The van der Waals surface area contributed by atoms with Crippen molar-refractivity contribution in [2.75, 3.05) is 22.1 Å². The molecule has 6 aromatic rings. The molecule has 2 amide bonds. The molecule has 0 aliphatic rings. The summed E-state index contributed by atoms with van der Waals surface area (Å²) in [5.41, 5.74) is 17.0. The summed E-state index contributed by atoms with van der Waals surface area (Å²) in [6.07, 6.45) is 18.4. The Morgan fingerprint density at radius 1 is 0.426 bits per heavy atom. The highest BCUT2D eigenvalue weighted by atomic mass is 32.1. The number of carbonyl (C=O) groups excluding carboxylic acids is 6. The summed E-state index contributed by atoms with van der Waals surface area (Å²) in [5, 5.41) is 7.12. The number of nitrogens with zero attached hydrogens (tertiary/aromatic N) is 4. The van der Waals surface area contributed by atoms with Crippen molar-refractivity contribution in [3.05, 3.63) is 137 Å². The van der Waals surface area contributed by atoms with E-state index in [0.29, 0.717) is 88.5 Å². The molecule has 0 atom stereocenters. The van der Waals surface area contributed by atoms with Gasteiger partial charge in [-0.2, -0.15) is 0 Å². The molecule has 0 aliphatic carbocycles. The van der Waals surface area contributed by atoms with Crippen LogP contribution < -0.4 is 22.1 Å². The Bertz CT molecular complexity index is 2740. The molecule has 0 spiro atoms. The quantitative estimate of drug-likeness (QED) is 0.0267. The minimum absolute atomic E-state index is 0.161. The fraction of sp³-hybridized carbons (Fsp3) is 0.240. The maximum Gasteiger partial charge on any atom is 0.226 e. The average Bonchev–Trinajstić information content (AvgIpc) is 4.07. The third-order valence-corrected chi connectivity index (χ3v) is 14.4. The second-order valence-electron chi connectivity index (χ2n) is 15.6. The van der Waals surface area contributed by atoms with Gasteiger partial charge < -0.3 is 22.1 Å². The van der Waals surface area contributed by atoms with Gasteiger partial charge in [0.15, 0.2) is 43.7 Å². The summed E-state index contributed by atoms with van der Waals surface area (Å²) in [6.45, 7) is 6.97. The SMILES string of the molecule is Cc1nc(N)sc1C(=O)/C=C\c1ccc(/C=C\C(=O)c2sc(NC(=O)CCCCCCCCC(=O)Nc3nc(C)c(C(=O)/C=C\c4ccc(/C=C\C(=O)c5sc(N)nc5C)cc4)s3)nc2C)cc1. The molecule has 14 nitrogen and oxygen atoms in total. The van der Waals surface area contributed by atoms with Crippen LogP contribution >= 0.6 is 45.3 Å². The van der Waals surface area contributed by atoms with E-state index in [0.717, 1.165) is 93.3 Å². The Hall–Kier alpha value is -6.86. The van der Waals surface area contributed by atoms with E-state index in [9.17, 15) is 28.8 Å². The van der Waals surface area contributed by atoms with E-state index >= 15 is 0 Å². The standard InChI is InChI=1S/C50H50N8O6S4/c1-29-43(65-47(51)53-29)37(59)25-21-33-13-17-35(18-14-33)23-27-39(61)45-31(3)55-49(67-45)57-41(63)11-9-7-5-6-8-10-12-42(64)58-50-56-32(4)46(68-50)40(62)28-24-36-19-15-34(16-20-36)22-26-38(60)44-30(2)54-48(52)66-44/h13-28H,5-12H2,1-4H3,(H2,51,53)(H2,52,54)(H,55,57,63)(H,56,58,64)/b25-21-,26-22-,27-23-,28-24-. The Kier molecular flexibility index (Phi) is 18.0. The second kappa shape index (κ2) is 24.2. The molecule has 0 fully saturated rings. The lowest BCUT2D eigenvalue weighted by Gasteiger charge is -2.03. The first-order chi connectivity index (χ1) is 32.6. The Balaban J connectivity index is 0.830. The number of nitrogens with two attached hydrogens (primary N) is 2. The molecule has 0 bridgehead atoms. The first kappa shape index (κ1) is 50.6. The number of nitrogens with one attached hydrogen (secondary N) is 2. The fourth-order valence-corrected chi connectivity index (χ4v) is 10.0. The number of rotatable bonds is 23. The number of hydrogen-bond donors (Lipinski definition) is 4. The summed E-state index contributed by atoms with van der Waals surface area (Å²) in [5.74, 6) is -1.07. The predicted molar refractivity (Wildman–Crippen MR) is 277 cm³/mol. The van der Waals surface area contributed by atoms with Gasteiger partial charge in [0.25, 0.3) is 0 Å². The molecular formula is C50H50N8O6S4. The van der Waals surface area contributed by atoms with Crippen molar-refractivity contribution >= 4 is 125 Å². The van der Waals surface area contributed by atoms with Crippen LogP contribution in [0, 0.1) is 27.7 Å². The van der Waals surface area contributed by atoms with Gasteiger partial charge in [-0.3, -0.25) is 28.8 Å². The third-order valence-electron chi connectivity index (χ3n) is 10.2. The number of unbranched alkanes of at least 4 members (excludes halogenated alkanes) is 5. The molecule has 350 valence electrons. The molecule has 0 saturated carbocycles. The van der Waals surface area contributed by atoms with E-state index in [-0.39, 0.29) is 34.9 Å². The fourth-order valence-electron chi connectivity index (χ4n) is 6.72. The van der Waals surface area contributed by atoms with Crippen LogP contribution in [-0.2, 0) is 9.59 Å². The van der Waals surface area contributed by atoms with Crippen LogP contribution in [0.25, 0.3) is 24.3 Å². The molecule has 68 heavy (non-hydrogen) atoms. The number of thiazole rings is 4. The molecule has 2 aromatic carbocycles. The molecule has 0 unspecified atom stereocenters. The van der Waals surface area contributed by atoms with Crippen molar-refractivity contribution in [2.24, 2.45) is 0 Å². The molecule has 6 rings (SSSR count). The van der Waals surface area contributed by atoms with Crippen LogP contribution in [0.4, 0.5) is 20.5 Å². The van der Waals surface area contributed by atoms with Crippen LogP contribution in [0.15, 0.2) is 72.8 Å². The number of carbonyl (C=O) groups is 6. The van der Waals surface area contributed by atoms with E-state index in [1.54, 1.807) is 52.0 Å². The minimum Gasteiger partial charge on any atom is -0.375 e. The van der Waals surface area contributed by atoms with Gasteiger partial charge in [0.1, 0.15) is 0 Å². The molecule has 0 saturated heterocycles. The largest absolute Gasteiger partial charge is 0.375 e. The van der Waals surface area contributed by atoms with E-state index in [1.165, 1.54) is 24.3 Å². The van der Waals surface area contributed by atoms with Gasteiger partial charge in [0.2, 0.25) is 11.8 Å². The first-order valence-corrected chi connectivity index (χ1v) is 25.0. The van der Waals surface area contributed by atoms with Gasteiger partial charge >= 0.3 is 0 Å². The van der Waals surface area contributed by atoms with Crippen molar-refractivity contribution in [2.45, 2.75) is 79.1 Å². The third kappa shape index (κ3) is 14.8. The molecule has 6 N–H and O–H groups in total. The Morgan fingerprint density at radius 3 is 0.971 bits per heavy atom. The number of amides is 2. The van der Waals surface area contributed by atoms with E-state index in [4.69, 9.17) is 11.5 Å². The molecule has 0 aliphatic heterocycles. The minimum atomic E-state index is -0.215. The maximum absolute atomic E-state index is 13.0. The Morgan fingerprint density at radius 2 is 0.691 bits per heavy atom. The van der Waals surface area contributed by atoms with Gasteiger partial charge in [-0.05, 0) is 87.1 Å². The van der Waals surface area contributed by atoms with Gasteiger partial charge in [0, 0.05) is 12.8 Å². The number of anilines is 4. The van der Waals surface area contributed by atoms with Crippen LogP contribution in [0.1, 0.15) is 135 Å². The molecular weight excluding hydrogens is 937 g/mol. The van der Waals surface area contributed by atoms with Crippen LogP contribution in [0.5, 0.6) is 0 Å². The van der Waals surface area contributed by atoms with Gasteiger partial charge in [-0.15, -0.1) is 0 Å². The topological polar surface area (TPSA) is 230 Å². The van der Waals surface area contributed by atoms with Crippen molar-refractivity contribution in [1.29, 1.82) is 0 Å². The lowest BCUT2D eigenvalue weighted by molar-refractivity contribution is -0.117. The number of aryl methyl sites for hydroxylation is 4. The molecule has 0 radical (unpaired) electrons. The van der Waals surface area contributed by atoms with Crippen LogP contribution in [-0.4, -0.2) is 54.9 Å². The molecule has 4 aromatic heterocycles. The number of nitrogen functional groups attached to an aromatic ring is 2. The zero-order valence-electron chi connectivity index (χ0n) is 37.9. The summed E-state index contributed by atoms with van der Waals surface area (Å²) >= 11 is 4.61. The first-order valence-electron chi connectivity index (χ1n) is 21.7. The van der Waals surface area contributed by atoms with Gasteiger partial charge in [-0.1, -0.05) is 144 Å². The number of hydrogen-bond acceptors (Lipinski definition) is 16. The lowest BCUT2D eigenvalue weighted by atomic mass is 10.1. The average molecular weight is 987 g/mol. The smallest absolute Gasteiger partial charge is 0.226 e. The van der Waals surface area contributed by atoms with Gasteiger partial charge in [-0.25, -0.2) is 19.9 Å². The van der Waals surface area contributed by atoms with Crippen LogP contribution in [0.2, 0.25) is 0 Å². The van der Waals surface area contributed by atoms with Gasteiger partial charge in [0.05, 0.1) is 42.3 Å². The second-order valence-corrected chi connectivity index (χ2v) is 19.7. The Labute approximate surface area is 410 Å². The summed E-state index contributed by atoms with van der Waals surface area (Å²) < 4.78 is 0. The predicted octanol–water partition coefficient (Wildman–Crippen LogP) is 11.2. The van der Waals surface area contributed by atoms with E-state index in [2.05, 4.69) is 30.6 Å². The monoisotopic (exact) mass is 986 g/mol. The maximum atomic E-state index is 13.0. The highest BCUT2D eigenvalue weighted by molar-refractivity contribution is 7.18. The van der Waals surface area contributed by atoms with Crippen LogP contribution in [0.3, 0.4) is 0 Å². The van der Waals surface area contributed by atoms with Crippen molar-refractivity contribution < 1.29 is 28.8 Å². The zero-order chi connectivity index (χ0) is 48.7. The summed E-state index contributed by atoms with van der Waals surface area (Å²) in [6, 6.07) is 14.8. The lowest BCUT2D eigenvalue weighted by Crippen LogP contribution is -2.11. The van der Waals surface area contributed by atoms with E-state index in [1.807, 2.05) is 48.5 Å². The number of aromatic nitrogens is 4. The highest BCUT2D eigenvalue weighted by Crippen LogP contribution is 2.27. The summed E-state index contributed by atoms with van der Waals surface area (Å²) in [7, 11) is 0. The van der Waals surface area contributed by atoms with Crippen molar-refractivity contribution in [3.63, 3.8) is 0 Å². The number of ketones is 4. The molecule has 18 heteroatoms. The molecule has 4 heterocycles. The summed E-state index contributed by atoms with van der Waals surface area (Å²) in [4.78, 5) is 95.2. The van der Waals surface area contributed by atoms with E-state index < -0.39 is 0 Å². The zero-order valence-corrected chi connectivity index (χ0v) is 41.2. The normalized spacial score (nSPS) is 11.6. The van der Waals surface area contributed by atoms with Crippen molar-refractivity contribution in [1.82, 2.24) is 19.9 Å². The number of benzene rings is 2. The van der Waals surface area contributed by atoms with Crippen molar-refractivity contribution in [3.8, 4) is 0 Å².